The number of nitrogens with zero attached hydrogens (tertiary/aromatic N) is 4. The van der Waals surface area contributed by atoms with Gasteiger partial charge < -0.3 is 14.8 Å². The molecule has 0 spiro atoms. The van der Waals surface area contributed by atoms with Crippen LogP contribution in [-0.2, 0) is 16.1 Å². The van der Waals surface area contributed by atoms with E-state index in [2.05, 4.69) is 15.6 Å². The number of nitrogens with one attached hydrogen (secondary N) is 1. The highest BCUT2D eigenvalue weighted by Gasteiger charge is 2.36. The van der Waals surface area contributed by atoms with E-state index < -0.39 is 11.6 Å². The van der Waals surface area contributed by atoms with Gasteiger partial charge in [-0.2, -0.15) is 0 Å². The molecule has 9 nitrogen and oxygen atoms in total. The summed E-state index contributed by atoms with van der Waals surface area (Å²) in [5, 5.41) is 11.5. The van der Waals surface area contributed by atoms with Gasteiger partial charge in [-0.1, -0.05) is 41.6 Å². The molecule has 1 aromatic heterocycles. The molecular weight excluding hydrogens is 494 g/mol. The lowest BCUT2D eigenvalue weighted by atomic mass is 10.0. The van der Waals surface area contributed by atoms with Crippen molar-refractivity contribution in [2.24, 2.45) is 0 Å². The van der Waals surface area contributed by atoms with Gasteiger partial charge in [-0.15, -0.1) is 5.10 Å². The van der Waals surface area contributed by atoms with Crippen molar-refractivity contribution in [1.82, 2.24) is 20.3 Å². The summed E-state index contributed by atoms with van der Waals surface area (Å²) in [5.41, 5.74) is 1.98. The van der Waals surface area contributed by atoms with Crippen LogP contribution in [0.15, 0.2) is 72.8 Å². The molecule has 0 saturated carbocycles. The lowest BCUT2D eigenvalue weighted by Crippen LogP contribution is -2.50. The van der Waals surface area contributed by atoms with Gasteiger partial charge in [-0.3, -0.25) is 14.5 Å². The number of benzene rings is 3. The van der Waals surface area contributed by atoms with Crippen molar-refractivity contribution in [3.63, 3.8) is 0 Å². The lowest BCUT2D eigenvalue weighted by Gasteiger charge is -2.34. The van der Waals surface area contributed by atoms with Crippen molar-refractivity contribution in [2.45, 2.75) is 52.7 Å². The molecule has 9 heteroatoms. The zero-order chi connectivity index (χ0) is 28.0. The Kier molecular flexibility index (Phi) is 8.49. The molecule has 0 aliphatic carbocycles. The number of amides is 2. The van der Waals surface area contributed by atoms with Crippen LogP contribution in [0.5, 0.6) is 11.5 Å². The molecule has 3 aromatic carbocycles. The first-order valence-corrected chi connectivity index (χ1v) is 13.1. The molecule has 204 valence electrons. The number of rotatable bonds is 10. The fourth-order valence-electron chi connectivity index (χ4n) is 4.36. The predicted octanol–water partition coefficient (Wildman–Crippen LogP) is 4.92. The monoisotopic (exact) mass is 529 g/mol. The van der Waals surface area contributed by atoms with Gasteiger partial charge in [-0.25, -0.2) is 4.68 Å². The number of carbonyl (C=O) groups excluding carboxylic acids is 2. The number of carbonyl (C=O) groups is 2. The average molecular weight is 530 g/mol. The first kappa shape index (κ1) is 27.6. The highest BCUT2D eigenvalue weighted by atomic mass is 16.5. The third-order valence-corrected chi connectivity index (χ3v) is 5.91. The zero-order valence-corrected chi connectivity index (χ0v) is 23.0. The van der Waals surface area contributed by atoms with Crippen LogP contribution >= 0.6 is 0 Å². The molecule has 4 rings (SSSR count). The van der Waals surface area contributed by atoms with Gasteiger partial charge in [0.15, 0.2) is 0 Å². The maximum atomic E-state index is 14.2. The first-order chi connectivity index (χ1) is 18.7. The van der Waals surface area contributed by atoms with E-state index in [9.17, 15) is 9.59 Å². The summed E-state index contributed by atoms with van der Waals surface area (Å²) in [6.45, 7) is 10.3. The van der Waals surface area contributed by atoms with E-state index in [1.165, 1.54) is 4.90 Å². The van der Waals surface area contributed by atoms with Crippen molar-refractivity contribution in [1.29, 1.82) is 0 Å². The smallest absolute Gasteiger partial charge is 0.249 e. The summed E-state index contributed by atoms with van der Waals surface area (Å²) in [6, 6.07) is 20.9. The summed E-state index contributed by atoms with van der Waals surface area (Å²) >= 11 is 0. The Balaban J connectivity index is 1.85. The van der Waals surface area contributed by atoms with E-state index in [0.29, 0.717) is 41.5 Å². The number of para-hydroxylation sites is 3. The topological polar surface area (TPSA) is 98.6 Å². The zero-order valence-electron chi connectivity index (χ0n) is 23.0. The molecule has 0 bridgehead atoms. The largest absolute Gasteiger partial charge is 0.494 e. The number of anilines is 1. The Labute approximate surface area is 228 Å². The molecule has 1 heterocycles. The second-order valence-corrected chi connectivity index (χ2v) is 10.0. The van der Waals surface area contributed by atoms with E-state index in [1.807, 2.05) is 83.1 Å². The molecule has 1 N–H and O–H groups in total. The fourth-order valence-corrected chi connectivity index (χ4v) is 4.36. The fraction of sp³-hybridized carbons (Fsp3) is 0.333. The summed E-state index contributed by atoms with van der Waals surface area (Å²) in [7, 11) is 0. The van der Waals surface area contributed by atoms with Crippen LogP contribution in [0.25, 0.3) is 11.0 Å². The minimum atomic E-state index is -0.996. The summed E-state index contributed by atoms with van der Waals surface area (Å²) in [5.74, 6) is 0.504. The first-order valence-electron chi connectivity index (χ1n) is 13.1. The van der Waals surface area contributed by atoms with Crippen molar-refractivity contribution < 1.29 is 19.1 Å². The van der Waals surface area contributed by atoms with E-state index >= 15 is 0 Å². The van der Waals surface area contributed by atoms with Crippen molar-refractivity contribution >= 4 is 28.5 Å². The van der Waals surface area contributed by atoms with Gasteiger partial charge in [0.25, 0.3) is 0 Å². The minimum absolute atomic E-state index is 0.128. The van der Waals surface area contributed by atoms with E-state index in [4.69, 9.17) is 9.47 Å². The number of aromatic nitrogens is 3. The average Bonchev–Trinajstić information content (AvgIpc) is 3.30. The summed E-state index contributed by atoms with van der Waals surface area (Å²) in [6.07, 6.45) is 0. The molecule has 0 radical (unpaired) electrons. The third-order valence-electron chi connectivity index (χ3n) is 5.91. The van der Waals surface area contributed by atoms with E-state index in [0.717, 1.165) is 5.52 Å². The van der Waals surface area contributed by atoms with Gasteiger partial charge in [0, 0.05) is 5.54 Å². The number of hydrogen-bond acceptors (Lipinski definition) is 6. The summed E-state index contributed by atoms with van der Waals surface area (Å²) < 4.78 is 13.1. The molecular formula is C30H35N5O4. The maximum absolute atomic E-state index is 14.2. The van der Waals surface area contributed by atoms with E-state index in [-0.39, 0.29) is 18.4 Å². The second kappa shape index (κ2) is 12.0. The Hall–Kier alpha value is -4.40. The Bertz CT molecular complexity index is 1430. The van der Waals surface area contributed by atoms with Crippen LogP contribution in [0.3, 0.4) is 0 Å². The second-order valence-electron chi connectivity index (χ2n) is 10.0. The van der Waals surface area contributed by atoms with Crippen molar-refractivity contribution in [3.8, 4) is 11.5 Å². The standard InChI is InChI=1S/C30H35N5O4/c1-6-38-22-18-16-21(17-19-22)28(29(37)31-30(3,4)5)35(25-14-10-11-15-26(25)39-7-2)27(36)20-34-24-13-9-8-12-23(24)32-33-34/h8-19,28H,6-7,20H2,1-5H3,(H,31,37). The lowest BCUT2D eigenvalue weighted by molar-refractivity contribution is -0.128. The van der Waals surface area contributed by atoms with Crippen LogP contribution in [0.4, 0.5) is 5.69 Å². The molecule has 0 fully saturated rings. The normalized spacial score (nSPS) is 12.1. The van der Waals surface area contributed by atoms with Crippen LogP contribution in [-0.4, -0.2) is 45.6 Å². The molecule has 2 amide bonds. The Morgan fingerprint density at radius 1 is 0.923 bits per heavy atom. The quantitative estimate of drug-likeness (QED) is 0.313. The molecule has 0 saturated heterocycles. The van der Waals surface area contributed by atoms with E-state index in [1.54, 1.807) is 28.9 Å². The van der Waals surface area contributed by atoms with Gasteiger partial charge in [0.2, 0.25) is 11.8 Å². The van der Waals surface area contributed by atoms with Crippen LogP contribution in [0, 0.1) is 0 Å². The number of fused-ring (bicyclic) bond motifs is 1. The molecule has 0 aliphatic heterocycles. The maximum Gasteiger partial charge on any atom is 0.249 e. The molecule has 1 unspecified atom stereocenters. The highest BCUT2D eigenvalue weighted by Crippen LogP contribution is 2.36. The molecule has 4 aromatic rings. The van der Waals surface area contributed by atoms with Crippen LogP contribution < -0.4 is 19.7 Å². The third kappa shape index (κ3) is 6.54. The molecule has 1 atom stereocenters. The Morgan fingerprint density at radius 2 is 1.59 bits per heavy atom. The van der Waals surface area contributed by atoms with Crippen molar-refractivity contribution in [2.75, 3.05) is 18.1 Å². The van der Waals surface area contributed by atoms with Crippen molar-refractivity contribution in [3.05, 3.63) is 78.4 Å². The summed E-state index contributed by atoms with van der Waals surface area (Å²) in [4.78, 5) is 29.7. The predicted molar refractivity (Wildman–Crippen MR) is 151 cm³/mol. The number of hydrogen-bond donors (Lipinski definition) is 1. The van der Waals surface area contributed by atoms with Crippen LogP contribution in [0.2, 0.25) is 0 Å². The Morgan fingerprint density at radius 3 is 2.28 bits per heavy atom. The van der Waals surface area contributed by atoms with Gasteiger partial charge >= 0.3 is 0 Å². The number of ether oxygens (including phenoxy) is 2. The molecule has 0 aliphatic rings. The van der Waals surface area contributed by atoms with Crippen LogP contribution in [0.1, 0.15) is 46.2 Å². The highest BCUT2D eigenvalue weighted by molar-refractivity contribution is 6.02. The van der Waals surface area contributed by atoms with Gasteiger partial charge in [-0.05, 0) is 76.6 Å². The van der Waals surface area contributed by atoms with Gasteiger partial charge in [0.1, 0.15) is 29.6 Å². The SMILES string of the molecule is CCOc1ccc(C(C(=O)NC(C)(C)C)N(C(=O)Cn2nnc3ccccc32)c2ccccc2OCC)cc1. The minimum Gasteiger partial charge on any atom is -0.494 e. The van der Waals surface area contributed by atoms with Gasteiger partial charge in [0.05, 0.1) is 24.4 Å². The molecule has 39 heavy (non-hydrogen) atoms.